The summed E-state index contributed by atoms with van der Waals surface area (Å²) in [6.45, 7) is 8.72. The molecule has 1 aromatic rings. The van der Waals surface area contributed by atoms with Crippen LogP contribution in [-0.2, 0) is 0 Å². The van der Waals surface area contributed by atoms with E-state index in [-0.39, 0.29) is 6.61 Å². The molecular weight excluding hydrogens is 192 g/mol. The van der Waals surface area contributed by atoms with Crippen LogP contribution < -0.4 is 5.38 Å². The van der Waals surface area contributed by atoms with Crippen molar-refractivity contribution in [2.24, 2.45) is 0 Å². The number of aliphatic hydroxyl groups excluding tert-OH is 1. The lowest BCUT2D eigenvalue weighted by Crippen LogP contribution is -2.36. The normalized spacial score (nSPS) is 13.4. The molecule has 0 fully saturated rings. The first kappa shape index (κ1) is 11.3. The molecule has 0 aliphatic rings. The van der Waals surface area contributed by atoms with Gasteiger partial charge >= 0.3 is 0 Å². The Labute approximate surface area is 86.3 Å². The molecule has 0 aliphatic heterocycles. The topological polar surface area (TPSA) is 33.4 Å². The Bertz CT molecular complexity index is 331. The van der Waals surface area contributed by atoms with Crippen molar-refractivity contribution in [2.75, 3.05) is 6.61 Å². The molecule has 1 rings (SSSR count). The van der Waals surface area contributed by atoms with Gasteiger partial charge in [0.05, 0.1) is 12.0 Å². The van der Waals surface area contributed by atoms with Crippen molar-refractivity contribution in [3.8, 4) is 0 Å². The van der Waals surface area contributed by atoms with Crippen molar-refractivity contribution in [3.05, 3.63) is 23.5 Å². The summed E-state index contributed by atoms with van der Waals surface area (Å²) >= 11 is 0. The van der Waals surface area contributed by atoms with Crippen molar-refractivity contribution in [1.29, 1.82) is 0 Å². The predicted octanol–water partition coefficient (Wildman–Crippen LogP) is 2.22. The standard InChI is InChI=1S/C11H18O2Si/c1-9(8-12)7-10-5-6-11(13-10)14(2,3)4/h5-7,12H,8H2,1-4H3/b9-7+. The van der Waals surface area contributed by atoms with Crippen LogP contribution in [0.3, 0.4) is 0 Å². The molecule has 0 radical (unpaired) electrons. The maximum Gasteiger partial charge on any atom is 0.126 e. The highest BCUT2D eigenvalue weighted by Gasteiger charge is 2.20. The zero-order valence-electron chi connectivity index (χ0n) is 9.29. The van der Waals surface area contributed by atoms with E-state index < -0.39 is 8.07 Å². The van der Waals surface area contributed by atoms with Gasteiger partial charge in [-0.05, 0) is 30.7 Å². The molecule has 14 heavy (non-hydrogen) atoms. The Balaban J connectivity index is 2.89. The van der Waals surface area contributed by atoms with Gasteiger partial charge in [0.2, 0.25) is 0 Å². The molecule has 1 N–H and O–H groups in total. The third-order valence-corrected chi connectivity index (χ3v) is 3.75. The van der Waals surface area contributed by atoms with E-state index in [4.69, 9.17) is 9.52 Å². The van der Waals surface area contributed by atoms with Crippen molar-refractivity contribution in [1.82, 2.24) is 0 Å². The van der Waals surface area contributed by atoms with Gasteiger partial charge in [0.15, 0.2) is 0 Å². The molecule has 0 bridgehead atoms. The second kappa shape index (κ2) is 4.15. The average molecular weight is 210 g/mol. The molecule has 0 amide bonds. The van der Waals surface area contributed by atoms with Crippen LogP contribution in [0.2, 0.25) is 19.6 Å². The largest absolute Gasteiger partial charge is 0.467 e. The molecule has 0 unspecified atom stereocenters. The van der Waals surface area contributed by atoms with Gasteiger partial charge in [-0.15, -0.1) is 0 Å². The van der Waals surface area contributed by atoms with Crippen LogP contribution in [0.1, 0.15) is 12.7 Å². The third-order valence-electron chi connectivity index (χ3n) is 2.00. The third kappa shape index (κ3) is 2.85. The van der Waals surface area contributed by atoms with Gasteiger partial charge in [0.25, 0.3) is 0 Å². The highest BCUT2D eigenvalue weighted by Crippen LogP contribution is 2.10. The van der Waals surface area contributed by atoms with Crippen LogP contribution in [-0.4, -0.2) is 19.8 Å². The van der Waals surface area contributed by atoms with E-state index in [0.717, 1.165) is 16.7 Å². The lowest BCUT2D eigenvalue weighted by Gasteiger charge is -2.10. The Kier molecular flexibility index (Phi) is 3.34. The van der Waals surface area contributed by atoms with E-state index in [0.29, 0.717) is 0 Å². The minimum Gasteiger partial charge on any atom is -0.467 e. The van der Waals surface area contributed by atoms with Crippen LogP contribution in [0.5, 0.6) is 0 Å². The van der Waals surface area contributed by atoms with Crippen LogP contribution in [0.25, 0.3) is 6.08 Å². The SMILES string of the molecule is C/C(=C\c1ccc([Si](C)(C)C)o1)CO. The van der Waals surface area contributed by atoms with Gasteiger partial charge in [-0.3, -0.25) is 0 Å². The van der Waals surface area contributed by atoms with E-state index in [1.807, 2.05) is 25.1 Å². The van der Waals surface area contributed by atoms with Gasteiger partial charge in [0.1, 0.15) is 13.8 Å². The number of aliphatic hydroxyl groups is 1. The summed E-state index contributed by atoms with van der Waals surface area (Å²) in [7, 11) is -1.33. The van der Waals surface area contributed by atoms with Crippen molar-refractivity contribution < 1.29 is 9.52 Å². The molecule has 3 heteroatoms. The van der Waals surface area contributed by atoms with E-state index in [9.17, 15) is 0 Å². The zero-order valence-corrected chi connectivity index (χ0v) is 10.3. The monoisotopic (exact) mass is 210 g/mol. The fourth-order valence-electron chi connectivity index (χ4n) is 1.12. The van der Waals surface area contributed by atoms with Crippen LogP contribution in [0.15, 0.2) is 22.1 Å². The van der Waals surface area contributed by atoms with Crippen LogP contribution >= 0.6 is 0 Å². The summed E-state index contributed by atoms with van der Waals surface area (Å²) in [5, 5.41) is 9.97. The molecule has 0 aromatic carbocycles. The molecule has 0 spiro atoms. The quantitative estimate of drug-likeness (QED) is 0.776. The molecule has 1 aromatic heterocycles. The van der Waals surface area contributed by atoms with Crippen molar-refractivity contribution >= 4 is 19.5 Å². The number of hydrogen-bond donors (Lipinski definition) is 1. The summed E-state index contributed by atoms with van der Waals surface area (Å²) in [6.07, 6.45) is 1.88. The lowest BCUT2D eigenvalue weighted by atomic mass is 10.3. The minimum absolute atomic E-state index is 0.0863. The first-order valence-electron chi connectivity index (χ1n) is 4.82. The Morgan fingerprint density at radius 1 is 1.43 bits per heavy atom. The van der Waals surface area contributed by atoms with Crippen molar-refractivity contribution in [3.63, 3.8) is 0 Å². The van der Waals surface area contributed by atoms with E-state index in [1.54, 1.807) is 0 Å². The van der Waals surface area contributed by atoms with E-state index in [1.165, 1.54) is 0 Å². The number of furan rings is 1. The minimum atomic E-state index is -1.33. The Morgan fingerprint density at radius 2 is 2.07 bits per heavy atom. The Hall–Kier alpha value is -0.803. The molecule has 0 saturated heterocycles. The van der Waals surface area contributed by atoms with E-state index >= 15 is 0 Å². The highest BCUT2D eigenvalue weighted by atomic mass is 28.3. The Morgan fingerprint density at radius 3 is 2.50 bits per heavy atom. The zero-order chi connectivity index (χ0) is 10.8. The van der Waals surface area contributed by atoms with Gasteiger partial charge in [-0.2, -0.15) is 0 Å². The fraction of sp³-hybridized carbons (Fsp3) is 0.455. The molecule has 0 saturated carbocycles. The lowest BCUT2D eigenvalue weighted by molar-refractivity contribution is 0.332. The smallest absolute Gasteiger partial charge is 0.126 e. The van der Waals surface area contributed by atoms with Crippen LogP contribution in [0, 0.1) is 0 Å². The van der Waals surface area contributed by atoms with Crippen LogP contribution in [0.4, 0.5) is 0 Å². The summed E-state index contributed by atoms with van der Waals surface area (Å²) in [4.78, 5) is 0. The first-order valence-corrected chi connectivity index (χ1v) is 8.32. The summed E-state index contributed by atoms with van der Waals surface area (Å²) in [6, 6.07) is 4.01. The predicted molar refractivity (Wildman–Crippen MR) is 62.4 cm³/mol. The van der Waals surface area contributed by atoms with Gasteiger partial charge < -0.3 is 9.52 Å². The first-order chi connectivity index (χ1) is 6.43. The van der Waals surface area contributed by atoms with E-state index in [2.05, 4.69) is 19.6 Å². The summed E-state index contributed by atoms with van der Waals surface area (Å²) in [5.41, 5.74) is 0.918. The second-order valence-electron chi connectivity index (χ2n) is 4.60. The van der Waals surface area contributed by atoms with Gasteiger partial charge in [-0.25, -0.2) is 0 Å². The average Bonchev–Trinajstić information content (AvgIpc) is 2.51. The van der Waals surface area contributed by atoms with Gasteiger partial charge in [0, 0.05) is 0 Å². The number of hydrogen-bond acceptors (Lipinski definition) is 2. The maximum atomic E-state index is 8.86. The molecule has 78 valence electrons. The molecule has 2 nitrogen and oxygen atoms in total. The maximum absolute atomic E-state index is 8.86. The fourth-order valence-corrected chi connectivity index (χ4v) is 2.13. The second-order valence-corrected chi connectivity index (χ2v) is 9.59. The number of rotatable bonds is 3. The summed E-state index contributed by atoms with van der Waals surface area (Å²) in [5.74, 6) is 0.842. The molecule has 1 heterocycles. The van der Waals surface area contributed by atoms with Gasteiger partial charge in [-0.1, -0.05) is 19.6 Å². The molecule has 0 aliphatic carbocycles. The highest BCUT2D eigenvalue weighted by molar-refractivity contribution is 6.87. The van der Waals surface area contributed by atoms with Crippen molar-refractivity contribution in [2.45, 2.75) is 26.6 Å². The molecular formula is C11H18O2Si. The molecule has 0 atom stereocenters. The summed E-state index contributed by atoms with van der Waals surface area (Å²) < 4.78 is 5.69.